The van der Waals surface area contributed by atoms with Gasteiger partial charge in [0, 0.05) is 24.5 Å². The van der Waals surface area contributed by atoms with Crippen LogP contribution in [0.3, 0.4) is 0 Å². The average molecular weight is 512 g/mol. The zero-order valence-electron chi connectivity index (χ0n) is 21.2. The third-order valence-corrected chi connectivity index (χ3v) is 6.72. The van der Waals surface area contributed by atoms with Crippen molar-refractivity contribution in [1.29, 1.82) is 0 Å². The number of aryl methyl sites for hydroxylation is 1. The van der Waals surface area contributed by atoms with Gasteiger partial charge in [-0.3, -0.25) is 14.5 Å². The van der Waals surface area contributed by atoms with Gasteiger partial charge in [-0.15, -0.1) is 0 Å². The summed E-state index contributed by atoms with van der Waals surface area (Å²) in [6.07, 6.45) is 1.76. The molecular weight excluding hydrogens is 481 g/mol. The molecule has 0 aliphatic carbocycles. The third-order valence-electron chi connectivity index (χ3n) is 6.72. The fourth-order valence-electron chi connectivity index (χ4n) is 4.78. The van der Waals surface area contributed by atoms with Crippen molar-refractivity contribution in [3.05, 3.63) is 114 Å². The van der Waals surface area contributed by atoms with E-state index >= 15 is 0 Å². The van der Waals surface area contributed by atoms with E-state index in [0.717, 1.165) is 29.7 Å². The Bertz CT molecular complexity index is 1400. The maximum Gasteiger partial charge on any atom is 0.275 e. The lowest BCUT2D eigenvalue weighted by Gasteiger charge is -2.31. The summed E-state index contributed by atoms with van der Waals surface area (Å²) in [6, 6.07) is 25.4. The van der Waals surface area contributed by atoms with Gasteiger partial charge in [0.05, 0.1) is 6.10 Å². The molecule has 1 saturated heterocycles. The van der Waals surface area contributed by atoms with E-state index in [9.17, 15) is 14.0 Å². The first-order chi connectivity index (χ1) is 18.5. The number of amides is 2. The first kappa shape index (κ1) is 25.4. The van der Waals surface area contributed by atoms with Crippen LogP contribution >= 0.6 is 0 Å². The van der Waals surface area contributed by atoms with E-state index in [0.29, 0.717) is 30.1 Å². The number of anilines is 1. The summed E-state index contributed by atoms with van der Waals surface area (Å²) in [5, 5.41) is 2.98. The predicted octanol–water partition coefficient (Wildman–Crippen LogP) is 5.81. The molecular formula is C31H30FN3O3. The van der Waals surface area contributed by atoms with E-state index in [1.165, 1.54) is 17.0 Å². The highest BCUT2D eigenvalue weighted by Crippen LogP contribution is 2.31. The molecule has 2 N–H and O–H groups in total. The average Bonchev–Trinajstić information content (AvgIpc) is 3.64. The third kappa shape index (κ3) is 5.68. The molecule has 0 saturated carbocycles. The molecule has 2 amide bonds. The van der Waals surface area contributed by atoms with Gasteiger partial charge in [-0.1, -0.05) is 54.6 Å². The van der Waals surface area contributed by atoms with Gasteiger partial charge in [0.25, 0.3) is 5.91 Å². The van der Waals surface area contributed by atoms with E-state index in [-0.39, 0.29) is 17.9 Å². The molecule has 1 aliphatic rings. The summed E-state index contributed by atoms with van der Waals surface area (Å²) in [5.74, 6) is -1.16. The molecule has 1 aromatic heterocycles. The van der Waals surface area contributed by atoms with Gasteiger partial charge < -0.3 is 15.0 Å². The Kier molecular flexibility index (Phi) is 7.65. The second-order valence-electron chi connectivity index (χ2n) is 9.50. The number of rotatable bonds is 8. The van der Waals surface area contributed by atoms with Crippen molar-refractivity contribution in [2.45, 2.75) is 31.9 Å². The lowest BCUT2D eigenvalue weighted by atomic mass is 10.0. The molecule has 1 fully saturated rings. The molecule has 5 rings (SSSR count). The van der Waals surface area contributed by atoms with Crippen LogP contribution in [0.25, 0.3) is 11.3 Å². The van der Waals surface area contributed by atoms with E-state index < -0.39 is 11.9 Å². The summed E-state index contributed by atoms with van der Waals surface area (Å²) >= 11 is 0. The van der Waals surface area contributed by atoms with Gasteiger partial charge in [-0.2, -0.15) is 0 Å². The molecule has 0 bridgehead atoms. The van der Waals surface area contributed by atoms with Crippen molar-refractivity contribution < 1.29 is 18.7 Å². The minimum atomic E-state index is -1.03. The van der Waals surface area contributed by atoms with E-state index in [4.69, 9.17) is 4.74 Å². The van der Waals surface area contributed by atoms with Crippen LogP contribution in [0.1, 0.15) is 40.5 Å². The highest BCUT2D eigenvalue weighted by Gasteiger charge is 2.34. The van der Waals surface area contributed by atoms with E-state index in [1.807, 2.05) is 61.5 Å². The van der Waals surface area contributed by atoms with Gasteiger partial charge in [-0.05, 0) is 72.9 Å². The number of hydrogen-bond acceptors (Lipinski definition) is 3. The van der Waals surface area contributed by atoms with Crippen LogP contribution in [0.15, 0.2) is 91.0 Å². The monoisotopic (exact) mass is 511 g/mol. The second-order valence-corrected chi connectivity index (χ2v) is 9.50. The van der Waals surface area contributed by atoms with Gasteiger partial charge in [-0.25, -0.2) is 4.39 Å². The fraction of sp³-hybridized carbons (Fsp3) is 0.226. The Balaban J connectivity index is 1.55. The van der Waals surface area contributed by atoms with E-state index in [2.05, 4.69) is 10.3 Å². The smallest absolute Gasteiger partial charge is 0.275 e. The highest BCUT2D eigenvalue weighted by atomic mass is 19.1. The van der Waals surface area contributed by atoms with Crippen molar-refractivity contribution in [2.24, 2.45) is 0 Å². The summed E-state index contributed by atoms with van der Waals surface area (Å²) in [4.78, 5) is 32.6. The number of halogens is 1. The zero-order valence-corrected chi connectivity index (χ0v) is 21.2. The molecule has 1 aliphatic heterocycles. The first-order valence-electron chi connectivity index (χ1n) is 12.8. The highest BCUT2D eigenvalue weighted by molar-refractivity contribution is 6.09. The van der Waals surface area contributed by atoms with Crippen LogP contribution in [0.4, 0.5) is 10.1 Å². The lowest BCUT2D eigenvalue weighted by Crippen LogP contribution is -2.45. The van der Waals surface area contributed by atoms with Gasteiger partial charge in [0.1, 0.15) is 17.6 Å². The van der Waals surface area contributed by atoms with Gasteiger partial charge in [0.15, 0.2) is 0 Å². The molecule has 6 nitrogen and oxygen atoms in total. The van der Waals surface area contributed by atoms with Crippen molar-refractivity contribution in [2.75, 3.05) is 18.1 Å². The maximum absolute atomic E-state index is 14.2. The molecule has 7 heteroatoms. The topological polar surface area (TPSA) is 74.4 Å². The molecule has 2 atom stereocenters. The molecule has 0 radical (unpaired) electrons. The van der Waals surface area contributed by atoms with Gasteiger partial charge in [0.2, 0.25) is 5.91 Å². The number of nitrogens with one attached hydrogen (secondary N) is 2. The summed E-state index contributed by atoms with van der Waals surface area (Å²) < 4.78 is 19.5. The normalized spacial score (nSPS) is 15.7. The first-order valence-corrected chi connectivity index (χ1v) is 12.8. The Hall–Kier alpha value is -4.23. The number of benzene rings is 3. The number of nitrogens with zero attached hydrogens (tertiary/aromatic N) is 1. The largest absolute Gasteiger partial charge is 0.376 e. The minimum Gasteiger partial charge on any atom is -0.376 e. The SMILES string of the molecule is Cc1cccc(N(C(=O)c2ccc(-c3ccccc3)[nH]2)[C@H](C(=O)NC[C@@H]2CCCO2)c2ccc(F)cc2)c1. The van der Waals surface area contributed by atoms with Crippen molar-refractivity contribution >= 4 is 17.5 Å². The molecule has 194 valence electrons. The summed E-state index contributed by atoms with van der Waals surface area (Å²) in [5.41, 5.74) is 4.07. The number of ether oxygens (including phenoxy) is 1. The fourth-order valence-corrected chi connectivity index (χ4v) is 4.78. The molecule has 2 heterocycles. The summed E-state index contributed by atoms with van der Waals surface area (Å²) in [6.45, 7) is 2.94. The molecule has 0 unspecified atom stereocenters. The number of aromatic amines is 1. The Morgan fingerprint density at radius 3 is 2.53 bits per heavy atom. The van der Waals surface area contributed by atoms with Crippen LogP contribution in [0, 0.1) is 12.7 Å². The predicted molar refractivity (Wildman–Crippen MR) is 145 cm³/mol. The van der Waals surface area contributed by atoms with Crippen LogP contribution in [0.5, 0.6) is 0 Å². The molecule has 4 aromatic rings. The zero-order chi connectivity index (χ0) is 26.5. The van der Waals surface area contributed by atoms with Crippen LogP contribution in [0.2, 0.25) is 0 Å². The minimum absolute atomic E-state index is 0.0622. The molecule has 0 spiro atoms. The molecule has 3 aromatic carbocycles. The van der Waals surface area contributed by atoms with Crippen molar-refractivity contribution in [1.82, 2.24) is 10.3 Å². The molecule has 38 heavy (non-hydrogen) atoms. The van der Waals surface area contributed by atoms with Gasteiger partial charge >= 0.3 is 0 Å². The lowest BCUT2D eigenvalue weighted by molar-refractivity contribution is -0.123. The second kappa shape index (κ2) is 11.4. The maximum atomic E-state index is 14.2. The quantitative estimate of drug-likeness (QED) is 0.313. The van der Waals surface area contributed by atoms with Crippen LogP contribution < -0.4 is 10.2 Å². The van der Waals surface area contributed by atoms with E-state index in [1.54, 1.807) is 24.3 Å². The van der Waals surface area contributed by atoms with Crippen molar-refractivity contribution in [3.63, 3.8) is 0 Å². The Labute approximate surface area is 221 Å². The number of H-pyrrole nitrogens is 1. The standard InChI is InChI=1S/C31H30FN3O3/c1-21-7-5-10-25(19-21)35(31(37)28-17-16-27(34-28)22-8-3-2-4-9-22)29(23-12-14-24(32)15-13-23)30(36)33-20-26-11-6-18-38-26/h2-5,7-10,12-17,19,26,29,34H,6,11,18,20H2,1H3,(H,33,36)/t26-,29-/m0/s1. The summed E-state index contributed by atoms with van der Waals surface area (Å²) in [7, 11) is 0. The Morgan fingerprint density at radius 2 is 1.82 bits per heavy atom. The van der Waals surface area contributed by atoms with Crippen LogP contribution in [-0.2, 0) is 9.53 Å². The Morgan fingerprint density at radius 1 is 1.03 bits per heavy atom. The number of carbonyl (C=O) groups is 2. The van der Waals surface area contributed by atoms with Crippen molar-refractivity contribution in [3.8, 4) is 11.3 Å². The number of aromatic nitrogens is 1. The van der Waals surface area contributed by atoms with Crippen LogP contribution in [-0.4, -0.2) is 36.1 Å². The number of carbonyl (C=O) groups excluding carboxylic acids is 2. The number of hydrogen-bond donors (Lipinski definition) is 2.